The van der Waals surface area contributed by atoms with Gasteiger partial charge in [0.25, 0.3) is 0 Å². The number of likely N-dealkylation sites (tertiary alicyclic amines) is 1. The Hall–Kier alpha value is -0.860. The SMILES string of the molecule is CCNC(=NCCOCC1CC1)NC1CCN(Cc2cccc(C)c2)CC1.I. The van der Waals surface area contributed by atoms with Crippen molar-refractivity contribution >= 4 is 29.9 Å². The summed E-state index contributed by atoms with van der Waals surface area (Å²) in [5.74, 6) is 1.76. The van der Waals surface area contributed by atoms with Crippen molar-refractivity contribution in [2.24, 2.45) is 10.9 Å². The van der Waals surface area contributed by atoms with Gasteiger partial charge in [-0.05, 0) is 51.0 Å². The lowest BCUT2D eigenvalue weighted by molar-refractivity contribution is 0.131. The van der Waals surface area contributed by atoms with Crippen LogP contribution in [0.15, 0.2) is 29.3 Å². The minimum atomic E-state index is 0. The number of piperidine rings is 1. The van der Waals surface area contributed by atoms with Gasteiger partial charge in [0.15, 0.2) is 5.96 Å². The van der Waals surface area contributed by atoms with E-state index in [2.05, 4.69) is 58.6 Å². The van der Waals surface area contributed by atoms with Gasteiger partial charge in [0.2, 0.25) is 0 Å². The fourth-order valence-corrected chi connectivity index (χ4v) is 3.57. The number of nitrogens with one attached hydrogen (secondary N) is 2. The standard InChI is InChI=1S/C22H36N4O.HI/c1-3-23-22(24-11-14-27-17-19-7-8-19)25-21-9-12-26(13-10-21)16-20-6-4-5-18(2)15-20;/h4-6,15,19,21H,3,7-14,16-17H2,1-2H3,(H2,23,24,25);1H. The Kier molecular flexibility index (Phi) is 10.6. The fourth-order valence-electron chi connectivity index (χ4n) is 3.57. The fraction of sp³-hybridized carbons (Fsp3) is 0.682. The smallest absolute Gasteiger partial charge is 0.191 e. The molecule has 1 heterocycles. The van der Waals surface area contributed by atoms with Crippen molar-refractivity contribution in [3.63, 3.8) is 0 Å². The molecule has 0 unspecified atom stereocenters. The Balaban J connectivity index is 0.00000280. The van der Waals surface area contributed by atoms with E-state index in [0.29, 0.717) is 6.04 Å². The monoisotopic (exact) mass is 500 g/mol. The molecule has 1 aromatic carbocycles. The van der Waals surface area contributed by atoms with Crippen LogP contribution in [-0.4, -0.2) is 56.3 Å². The third-order valence-corrected chi connectivity index (χ3v) is 5.32. The number of hydrogen-bond donors (Lipinski definition) is 2. The largest absolute Gasteiger partial charge is 0.379 e. The van der Waals surface area contributed by atoms with Gasteiger partial charge in [0, 0.05) is 38.8 Å². The molecule has 28 heavy (non-hydrogen) atoms. The first kappa shape index (κ1) is 23.4. The summed E-state index contributed by atoms with van der Waals surface area (Å²) in [6.07, 6.45) is 5.01. The summed E-state index contributed by atoms with van der Waals surface area (Å²) in [4.78, 5) is 7.24. The van der Waals surface area contributed by atoms with Crippen molar-refractivity contribution in [2.45, 2.75) is 52.1 Å². The topological polar surface area (TPSA) is 48.9 Å². The number of rotatable bonds is 9. The second-order valence-electron chi connectivity index (χ2n) is 7.96. The number of guanidine groups is 1. The van der Waals surface area contributed by atoms with Gasteiger partial charge >= 0.3 is 0 Å². The third-order valence-electron chi connectivity index (χ3n) is 5.32. The zero-order valence-electron chi connectivity index (χ0n) is 17.5. The van der Waals surface area contributed by atoms with Gasteiger partial charge in [-0.15, -0.1) is 24.0 Å². The van der Waals surface area contributed by atoms with Crippen LogP contribution in [0.4, 0.5) is 0 Å². The molecule has 0 bridgehead atoms. The molecule has 2 N–H and O–H groups in total. The maximum Gasteiger partial charge on any atom is 0.191 e. The van der Waals surface area contributed by atoms with E-state index in [9.17, 15) is 0 Å². The summed E-state index contributed by atoms with van der Waals surface area (Å²) < 4.78 is 5.69. The van der Waals surface area contributed by atoms with Gasteiger partial charge in [-0.25, -0.2) is 0 Å². The van der Waals surface area contributed by atoms with E-state index >= 15 is 0 Å². The molecule has 0 radical (unpaired) electrons. The summed E-state index contributed by atoms with van der Waals surface area (Å²) in [6, 6.07) is 9.36. The number of aliphatic imine (C=N–C) groups is 1. The average molecular weight is 500 g/mol. The molecule has 0 amide bonds. The Labute approximate surface area is 187 Å². The number of ether oxygens (including phenoxy) is 1. The van der Waals surface area contributed by atoms with Gasteiger partial charge in [-0.2, -0.15) is 0 Å². The second-order valence-corrected chi connectivity index (χ2v) is 7.96. The summed E-state index contributed by atoms with van der Waals surface area (Å²) in [6.45, 7) is 10.9. The van der Waals surface area contributed by atoms with Crippen LogP contribution in [-0.2, 0) is 11.3 Å². The van der Waals surface area contributed by atoms with Crippen LogP contribution in [0.25, 0.3) is 0 Å². The van der Waals surface area contributed by atoms with E-state index in [1.165, 1.54) is 24.0 Å². The van der Waals surface area contributed by atoms with E-state index in [4.69, 9.17) is 4.74 Å². The Morgan fingerprint density at radius 2 is 2.00 bits per heavy atom. The van der Waals surface area contributed by atoms with Crippen LogP contribution in [0.1, 0.15) is 43.7 Å². The van der Waals surface area contributed by atoms with Crippen LogP contribution >= 0.6 is 24.0 Å². The first-order chi connectivity index (χ1) is 13.2. The van der Waals surface area contributed by atoms with Crippen molar-refractivity contribution in [3.8, 4) is 0 Å². The molecule has 0 atom stereocenters. The first-order valence-electron chi connectivity index (χ1n) is 10.6. The Bertz CT molecular complexity index is 598. The first-order valence-corrected chi connectivity index (χ1v) is 10.6. The molecule has 6 heteroatoms. The molecule has 158 valence electrons. The summed E-state index contributed by atoms with van der Waals surface area (Å²) in [5.41, 5.74) is 2.76. The minimum Gasteiger partial charge on any atom is -0.379 e. The summed E-state index contributed by atoms with van der Waals surface area (Å²) in [7, 11) is 0. The lowest BCUT2D eigenvalue weighted by atomic mass is 10.0. The molecular weight excluding hydrogens is 463 g/mol. The zero-order chi connectivity index (χ0) is 18.9. The van der Waals surface area contributed by atoms with Gasteiger partial charge < -0.3 is 15.4 Å². The quantitative estimate of drug-likeness (QED) is 0.236. The van der Waals surface area contributed by atoms with Crippen molar-refractivity contribution in [1.29, 1.82) is 0 Å². The van der Waals surface area contributed by atoms with Gasteiger partial charge in [0.05, 0.1) is 13.2 Å². The van der Waals surface area contributed by atoms with E-state index < -0.39 is 0 Å². The molecule has 1 aliphatic carbocycles. The molecular formula is C22H37IN4O. The molecule has 5 nitrogen and oxygen atoms in total. The van der Waals surface area contributed by atoms with Gasteiger partial charge in [0.1, 0.15) is 0 Å². The predicted molar refractivity (Wildman–Crippen MR) is 128 cm³/mol. The van der Waals surface area contributed by atoms with Crippen molar-refractivity contribution in [1.82, 2.24) is 15.5 Å². The van der Waals surface area contributed by atoms with Crippen LogP contribution in [0.2, 0.25) is 0 Å². The number of aryl methyl sites for hydroxylation is 1. The van der Waals surface area contributed by atoms with E-state index in [1.54, 1.807) is 0 Å². The minimum absolute atomic E-state index is 0. The molecule has 1 saturated carbocycles. The van der Waals surface area contributed by atoms with Crippen molar-refractivity contribution in [3.05, 3.63) is 35.4 Å². The highest BCUT2D eigenvalue weighted by molar-refractivity contribution is 14.0. The zero-order valence-corrected chi connectivity index (χ0v) is 19.8. The highest BCUT2D eigenvalue weighted by atomic mass is 127. The molecule has 1 aromatic rings. The Morgan fingerprint density at radius 3 is 2.68 bits per heavy atom. The summed E-state index contributed by atoms with van der Waals surface area (Å²) in [5, 5.41) is 6.99. The lowest BCUT2D eigenvalue weighted by Crippen LogP contribution is -2.48. The number of benzene rings is 1. The van der Waals surface area contributed by atoms with E-state index in [1.807, 2.05) is 0 Å². The average Bonchev–Trinajstić information content (AvgIpc) is 3.47. The van der Waals surface area contributed by atoms with E-state index in [0.717, 1.165) is 70.7 Å². The molecule has 3 rings (SSSR count). The Morgan fingerprint density at radius 1 is 1.21 bits per heavy atom. The molecule has 0 spiro atoms. The van der Waals surface area contributed by atoms with Crippen LogP contribution in [0.3, 0.4) is 0 Å². The van der Waals surface area contributed by atoms with Crippen LogP contribution < -0.4 is 10.6 Å². The molecule has 2 aliphatic rings. The maximum atomic E-state index is 5.69. The lowest BCUT2D eigenvalue weighted by Gasteiger charge is -2.33. The highest BCUT2D eigenvalue weighted by Gasteiger charge is 2.21. The van der Waals surface area contributed by atoms with Gasteiger partial charge in [-0.1, -0.05) is 29.8 Å². The van der Waals surface area contributed by atoms with Crippen LogP contribution in [0.5, 0.6) is 0 Å². The highest BCUT2D eigenvalue weighted by Crippen LogP contribution is 2.28. The molecule has 2 fully saturated rings. The molecule has 1 aliphatic heterocycles. The third kappa shape index (κ3) is 8.66. The maximum absolute atomic E-state index is 5.69. The summed E-state index contributed by atoms with van der Waals surface area (Å²) >= 11 is 0. The predicted octanol–water partition coefficient (Wildman–Crippen LogP) is 3.56. The number of nitrogens with zero attached hydrogens (tertiary/aromatic N) is 2. The van der Waals surface area contributed by atoms with Crippen molar-refractivity contribution < 1.29 is 4.74 Å². The van der Waals surface area contributed by atoms with Gasteiger partial charge in [-0.3, -0.25) is 9.89 Å². The number of hydrogen-bond acceptors (Lipinski definition) is 3. The molecule has 0 aromatic heterocycles. The second kappa shape index (κ2) is 12.6. The number of halogens is 1. The van der Waals surface area contributed by atoms with Crippen LogP contribution in [0, 0.1) is 12.8 Å². The normalized spacial score (nSPS) is 18.6. The van der Waals surface area contributed by atoms with E-state index in [-0.39, 0.29) is 24.0 Å². The van der Waals surface area contributed by atoms with Crippen molar-refractivity contribution in [2.75, 3.05) is 39.4 Å². The molecule has 1 saturated heterocycles.